The normalized spacial score (nSPS) is 29.1. The topological polar surface area (TPSA) is 122 Å². The zero-order chi connectivity index (χ0) is 23.6. The highest BCUT2D eigenvalue weighted by molar-refractivity contribution is 9.10. The van der Waals surface area contributed by atoms with Crippen molar-refractivity contribution in [2.24, 2.45) is 5.41 Å². The van der Waals surface area contributed by atoms with Crippen LogP contribution in [0.25, 0.3) is 21.9 Å². The number of nitrogens with two attached hydrogens (primary N) is 1. The Kier molecular flexibility index (Phi) is 5.31. The van der Waals surface area contributed by atoms with E-state index in [2.05, 4.69) is 54.4 Å². The summed E-state index contributed by atoms with van der Waals surface area (Å²) in [4.78, 5) is 12.9. The van der Waals surface area contributed by atoms with Gasteiger partial charge in [-0.3, -0.25) is 0 Å². The fourth-order valence-electron chi connectivity index (χ4n) is 5.83. The maximum atomic E-state index is 11.1. The number of rotatable bonds is 3. The highest BCUT2D eigenvalue weighted by Crippen LogP contribution is 2.50. The van der Waals surface area contributed by atoms with Crippen LogP contribution in [-0.2, 0) is 6.42 Å². The lowest BCUT2D eigenvalue weighted by molar-refractivity contribution is -0.0217. The van der Waals surface area contributed by atoms with Gasteiger partial charge in [-0.2, -0.15) is 0 Å². The van der Waals surface area contributed by atoms with Crippen molar-refractivity contribution in [3.63, 3.8) is 0 Å². The molecule has 8 nitrogen and oxygen atoms in total. The van der Waals surface area contributed by atoms with Gasteiger partial charge in [-0.25, -0.2) is 15.0 Å². The highest BCUT2D eigenvalue weighted by atomic mass is 79.9. The van der Waals surface area contributed by atoms with Crippen molar-refractivity contribution in [2.45, 2.75) is 43.6 Å². The van der Waals surface area contributed by atoms with E-state index < -0.39 is 17.6 Å². The first-order valence-electron chi connectivity index (χ1n) is 11.3. The number of hydrogen-bond acceptors (Lipinski definition) is 7. The molecule has 4 aromatic rings. The molecule has 1 spiro atoms. The predicted octanol–water partition coefficient (Wildman–Crippen LogP) is 3.24. The molecule has 10 heteroatoms. The first-order chi connectivity index (χ1) is 16.3. The first-order valence-corrected chi connectivity index (χ1v) is 12.4. The Balaban J connectivity index is 1.23. The minimum Gasteiger partial charge on any atom is -0.390 e. The van der Waals surface area contributed by atoms with Crippen molar-refractivity contribution in [2.75, 3.05) is 12.3 Å². The molecule has 1 aliphatic carbocycles. The summed E-state index contributed by atoms with van der Waals surface area (Å²) in [6.45, 7) is 0.646. The Morgan fingerprint density at radius 3 is 2.91 bits per heavy atom. The van der Waals surface area contributed by atoms with E-state index in [1.165, 1.54) is 6.33 Å². The van der Waals surface area contributed by atoms with Crippen molar-refractivity contribution >= 4 is 55.3 Å². The summed E-state index contributed by atoms with van der Waals surface area (Å²) >= 11 is 9.61. The molecule has 2 aliphatic rings. The number of aliphatic hydroxyl groups is 2. The van der Waals surface area contributed by atoms with E-state index in [1.54, 1.807) is 0 Å². The average molecular weight is 544 g/mol. The van der Waals surface area contributed by atoms with E-state index in [-0.39, 0.29) is 12.1 Å². The number of nitrogens with zero attached hydrogens (tertiary/aromatic N) is 4. The van der Waals surface area contributed by atoms with Gasteiger partial charge in [0.1, 0.15) is 29.0 Å². The van der Waals surface area contributed by atoms with Gasteiger partial charge in [0, 0.05) is 29.6 Å². The van der Waals surface area contributed by atoms with Gasteiger partial charge in [0.05, 0.1) is 27.5 Å². The highest BCUT2D eigenvalue weighted by Gasteiger charge is 2.56. The minimum absolute atomic E-state index is 0.184. The smallest absolute Gasteiger partial charge is 0.145 e. The lowest BCUT2D eigenvalue weighted by atomic mass is 9.80. The van der Waals surface area contributed by atoms with Crippen molar-refractivity contribution in [1.29, 1.82) is 0 Å². The molecule has 176 valence electrons. The van der Waals surface area contributed by atoms with Crippen LogP contribution >= 0.6 is 27.5 Å². The third kappa shape index (κ3) is 3.49. The Morgan fingerprint density at radius 1 is 1.21 bits per heavy atom. The average Bonchev–Trinajstić information content (AvgIpc) is 3.49. The molecule has 5 N–H and O–H groups in total. The van der Waals surface area contributed by atoms with Crippen LogP contribution in [0.5, 0.6) is 0 Å². The molecule has 1 aromatic carbocycles. The molecule has 1 saturated heterocycles. The number of benzene rings is 1. The van der Waals surface area contributed by atoms with Crippen LogP contribution in [0.3, 0.4) is 0 Å². The number of fused-ring (bicyclic) bond motifs is 2. The van der Waals surface area contributed by atoms with Gasteiger partial charge in [0.2, 0.25) is 0 Å². The van der Waals surface area contributed by atoms with Crippen LogP contribution in [0, 0.1) is 5.41 Å². The van der Waals surface area contributed by atoms with E-state index in [0.717, 1.165) is 39.2 Å². The van der Waals surface area contributed by atoms with Crippen molar-refractivity contribution in [3.05, 3.63) is 58.0 Å². The number of nitrogen functional groups attached to an aromatic ring is 1. The Bertz CT molecular complexity index is 1410. The Morgan fingerprint density at radius 2 is 2.06 bits per heavy atom. The molecule has 1 aliphatic heterocycles. The molecule has 5 atom stereocenters. The molecule has 6 rings (SSSR count). The minimum atomic E-state index is -0.891. The van der Waals surface area contributed by atoms with Crippen LogP contribution in [0.2, 0.25) is 5.15 Å². The molecule has 1 saturated carbocycles. The lowest BCUT2D eigenvalue weighted by Crippen LogP contribution is -2.38. The zero-order valence-electron chi connectivity index (χ0n) is 18.2. The second-order valence-corrected chi connectivity index (χ2v) is 10.8. The maximum Gasteiger partial charge on any atom is 0.145 e. The molecular formula is C24H24BrClN6O2. The quantitative estimate of drug-likeness (QED) is 0.293. The van der Waals surface area contributed by atoms with Gasteiger partial charge in [0.25, 0.3) is 0 Å². The number of anilines is 1. The number of aromatic nitrogens is 4. The van der Waals surface area contributed by atoms with E-state index in [9.17, 15) is 10.2 Å². The molecular weight excluding hydrogens is 520 g/mol. The summed E-state index contributed by atoms with van der Waals surface area (Å²) in [5.41, 5.74) is 8.27. The molecule has 5 unspecified atom stereocenters. The summed E-state index contributed by atoms with van der Waals surface area (Å²) in [6.07, 6.45) is 3.80. The third-order valence-corrected chi connectivity index (χ3v) is 8.65. The fourth-order valence-corrected chi connectivity index (χ4v) is 6.32. The predicted molar refractivity (Wildman–Crippen MR) is 135 cm³/mol. The van der Waals surface area contributed by atoms with Gasteiger partial charge in [-0.05, 0) is 59.0 Å². The van der Waals surface area contributed by atoms with Gasteiger partial charge in [-0.1, -0.05) is 23.7 Å². The Labute approximate surface area is 209 Å². The second-order valence-electron chi connectivity index (χ2n) is 9.56. The first kappa shape index (κ1) is 22.2. The van der Waals surface area contributed by atoms with Gasteiger partial charge >= 0.3 is 0 Å². The van der Waals surface area contributed by atoms with Gasteiger partial charge < -0.3 is 25.8 Å². The summed E-state index contributed by atoms with van der Waals surface area (Å²) in [5.74, 6) is 0.410. The fraction of sp³-hybridized carbons (Fsp3) is 0.375. The van der Waals surface area contributed by atoms with E-state index >= 15 is 0 Å². The van der Waals surface area contributed by atoms with Crippen molar-refractivity contribution in [1.82, 2.24) is 24.8 Å². The van der Waals surface area contributed by atoms with E-state index in [1.807, 2.05) is 22.9 Å². The lowest BCUT2D eigenvalue weighted by Gasteiger charge is -2.27. The number of nitrogens with one attached hydrogen (secondary N) is 1. The molecule has 4 heterocycles. The number of pyridine rings is 1. The SMILES string of the molecule is Nc1ncnc2c1ccn2C1CC2(CNC(Cc3ccc4cc(Br)c(Cl)nc4c3)C2)C(O)C1O. The number of hydrogen-bond donors (Lipinski definition) is 4. The molecule has 0 radical (unpaired) electrons. The molecule has 3 aromatic heterocycles. The monoisotopic (exact) mass is 542 g/mol. The second kappa shape index (κ2) is 8.13. The van der Waals surface area contributed by atoms with Crippen LogP contribution in [0.15, 0.2) is 47.3 Å². The molecule has 34 heavy (non-hydrogen) atoms. The van der Waals surface area contributed by atoms with Gasteiger partial charge in [0.15, 0.2) is 0 Å². The van der Waals surface area contributed by atoms with E-state index in [0.29, 0.717) is 29.6 Å². The van der Waals surface area contributed by atoms with Crippen LogP contribution in [-0.4, -0.2) is 54.5 Å². The van der Waals surface area contributed by atoms with E-state index in [4.69, 9.17) is 17.3 Å². The van der Waals surface area contributed by atoms with Crippen LogP contribution < -0.4 is 11.1 Å². The molecule has 0 amide bonds. The molecule has 0 bridgehead atoms. The third-order valence-electron chi connectivity index (χ3n) is 7.53. The largest absolute Gasteiger partial charge is 0.390 e. The number of aliphatic hydroxyl groups excluding tert-OH is 2. The molecule has 2 fully saturated rings. The standard InChI is InChI=1S/C24H24BrClN6O2/c25-16-7-13-2-1-12(6-17(13)31-21(16)26)5-14-8-24(10-28-14)9-18(19(33)20(24)34)32-4-3-15-22(27)29-11-30-23(15)32/h1-4,6-7,11,14,18-20,28,33-34H,5,8-10H2,(H2,27,29,30). The summed E-state index contributed by atoms with van der Waals surface area (Å²) in [7, 11) is 0. The van der Waals surface area contributed by atoms with Gasteiger partial charge in [-0.15, -0.1) is 0 Å². The maximum absolute atomic E-state index is 11.1. The van der Waals surface area contributed by atoms with Crippen molar-refractivity contribution in [3.8, 4) is 0 Å². The Hall–Kier alpha value is -2.30. The zero-order valence-corrected chi connectivity index (χ0v) is 20.5. The summed E-state index contributed by atoms with van der Waals surface area (Å²) in [6, 6.07) is 9.96. The van der Waals surface area contributed by atoms with Crippen LogP contribution in [0.4, 0.5) is 5.82 Å². The summed E-state index contributed by atoms with van der Waals surface area (Å²) in [5, 5.41) is 28.0. The summed E-state index contributed by atoms with van der Waals surface area (Å²) < 4.78 is 2.71. The number of halogens is 2. The van der Waals surface area contributed by atoms with Crippen LogP contribution in [0.1, 0.15) is 24.4 Å². The van der Waals surface area contributed by atoms with Crippen molar-refractivity contribution < 1.29 is 10.2 Å².